The molecular weight excluding hydrogens is 232 g/mol. The maximum absolute atomic E-state index is 5.93. The van der Waals surface area contributed by atoms with Crippen LogP contribution in [0.5, 0.6) is 0 Å². The van der Waals surface area contributed by atoms with E-state index in [1.54, 1.807) is 0 Å². The Morgan fingerprint density at radius 1 is 1.26 bits per heavy atom. The van der Waals surface area contributed by atoms with Crippen molar-refractivity contribution in [3.8, 4) is 0 Å². The fourth-order valence-corrected chi connectivity index (χ4v) is 3.00. The van der Waals surface area contributed by atoms with Crippen molar-refractivity contribution in [3.05, 3.63) is 35.4 Å². The van der Waals surface area contributed by atoms with Crippen molar-refractivity contribution in [2.75, 3.05) is 13.1 Å². The van der Waals surface area contributed by atoms with Gasteiger partial charge in [-0.25, -0.2) is 0 Å². The zero-order chi connectivity index (χ0) is 13.8. The summed E-state index contributed by atoms with van der Waals surface area (Å²) < 4.78 is 0. The molecule has 0 spiro atoms. The van der Waals surface area contributed by atoms with Gasteiger partial charge in [0, 0.05) is 19.1 Å². The molecule has 2 atom stereocenters. The van der Waals surface area contributed by atoms with Crippen LogP contribution < -0.4 is 5.73 Å². The first-order valence-electron chi connectivity index (χ1n) is 7.63. The van der Waals surface area contributed by atoms with Crippen LogP contribution in [0, 0.1) is 5.92 Å². The average Bonchev–Trinajstić information content (AvgIpc) is 2.41. The van der Waals surface area contributed by atoms with E-state index in [0.29, 0.717) is 12.0 Å². The fraction of sp³-hybridized carbons (Fsp3) is 0.647. The van der Waals surface area contributed by atoms with Gasteiger partial charge in [0.05, 0.1) is 0 Å². The zero-order valence-corrected chi connectivity index (χ0v) is 12.6. The summed E-state index contributed by atoms with van der Waals surface area (Å²) in [5, 5.41) is 0. The van der Waals surface area contributed by atoms with Crippen molar-refractivity contribution >= 4 is 0 Å². The molecule has 2 nitrogen and oxygen atoms in total. The Morgan fingerprint density at radius 3 is 2.53 bits per heavy atom. The third kappa shape index (κ3) is 3.80. The first-order chi connectivity index (χ1) is 9.10. The molecular formula is C17H28N2. The lowest BCUT2D eigenvalue weighted by molar-refractivity contribution is 0.115. The monoisotopic (exact) mass is 260 g/mol. The van der Waals surface area contributed by atoms with E-state index in [1.807, 2.05) is 0 Å². The van der Waals surface area contributed by atoms with Gasteiger partial charge in [-0.2, -0.15) is 0 Å². The second-order valence-corrected chi connectivity index (χ2v) is 6.39. The molecule has 0 saturated carbocycles. The van der Waals surface area contributed by atoms with Crippen LogP contribution >= 0.6 is 0 Å². The minimum Gasteiger partial charge on any atom is -0.329 e. The molecule has 1 aliphatic rings. The van der Waals surface area contributed by atoms with Gasteiger partial charge in [0.1, 0.15) is 0 Å². The van der Waals surface area contributed by atoms with Crippen molar-refractivity contribution in [3.63, 3.8) is 0 Å². The molecule has 19 heavy (non-hydrogen) atoms. The molecule has 2 N–H and O–H groups in total. The van der Waals surface area contributed by atoms with Crippen LogP contribution in [0.25, 0.3) is 0 Å². The fourth-order valence-electron chi connectivity index (χ4n) is 3.00. The van der Waals surface area contributed by atoms with Crippen LogP contribution in [-0.4, -0.2) is 24.0 Å². The molecule has 1 fully saturated rings. The molecule has 2 rings (SSSR count). The molecule has 1 saturated heterocycles. The summed E-state index contributed by atoms with van der Waals surface area (Å²) in [4.78, 5) is 2.56. The van der Waals surface area contributed by atoms with Crippen LogP contribution in [0.4, 0.5) is 0 Å². The first-order valence-corrected chi connectivity index (χ1v) is 7.63. The third-order valence-corrected chi connectivity index (χ3v) is 4.40. The molecule has 0 radical (unpaired) electrons. The molecule has 0 aliphatic carbocycles. The molecule has 0 bridgehead atoms. The van der Waals surface area contributed by atoms with E-state index in [4.69, 9.17) is 5.73 Å². The van der Waals surface area contributed by atoms with Gasteiger partial charge in [-0.1, -0.05) is 45.0 Å². The van der Waals surface area contributed by atoms with Crippen molar-refractivity contribution in [1.29, 1.82) is 0 Å². The van der Waals surface area contributed by atoms with Crippen LogP contribution in [0.2, 0.25) is 0 Å². The van der Waals surface area contributed by atoms with E-state index < -0.39 is 0 Å². The van der Waals surface area contributed by atoms with Gasteiger partial charge in [0.2, 0.25) is 0 Å². The molecule has 0 amide bonds. The van der Waals surface area contributed by atoms with Gasteiger partial charge in [0.25, 0.3) is 0 Å². The van der Waals surface area contributed by atoms with Crippen molar-refractivity contribution in [2.45, 2.75) is 52.1 Å². The molecule has 106 valence electrons. The second-order valence-electron chi connectivity index (χ2n) is 6.39. The van der Waals surface area contributed by atoms with Crippen LogP contribution in [0.1, 0.15) is 50.7 Å². The van der Waals surface area contributed by atoms with E-state index in [9.17, 15) is 0 Å². The van der Waals surface area contributed by atoms with E-state index >= 15 is 0 Å². The summed E-state index contributed by atoms with van der Waals surface area (Å²) in [6.45, 7) is 9.85. The van der Waals surface area contributed by atoms with Crippen LogP contribution in [0.3, 0.4) is 0 Å². The normalized spacial score (nSPS) is 24.9. The lowest BCUT2D eigenvalue weighted by atomic mass is 9.92. The van der Waals surface area contributed by atoms with Gasteiger partial charge in [-0.3, -0.25) is 4.90 Å². The standard InChI is InChI=1S/C17H28N2/c1-13(2)16-6-4-15(5-7-16)12-19-9-8-14(3)10-17(19)11-18/h4-7,13-14,17H,8-12,18H2,1-3H3. The number of nitrogens with zero attached hydrogens (tertiary/aromatic N) is 1. The summed E-state index contributed by atoms with van der Waals surface area (Å²) in [5.41, 5.74) is 8.77. The Labute approximate surface area is 118 Å². The number of nitrogens with two attached hydrogens (primary N) is 1. The smallest absolute Gasteiger partial charge is 0.0237 e. The summed E-state index contributed by atoms with van der Waals surface area (Å²) in [7, 11) is 0. The topological polar surface area (TPSA) is 29.3 Å². The van der Waals surface area contributed by atoms with E-state index in [0.717, 1.165) is 19.0 Å². The highest BCUT2D eigenvalue weighted by Gasteiger charge is 2.24. The molecule has 2 unspecified atom stereocenters. The quantitative estimate of drug-likeness (QED) is 0.899. The van der Waals surface area contributed by atoms with Gasteiger partial charge >= 0.3 is 0 Å². The maximum Gasteiger partial charge on any atom is 0.0237 e. The van der Waals surface area contributed by atoms with Crippen molar-refractivity contribution < 1.29 is 0 Å². The molecule has 1 aromatic carbocycles. The number of piperidine rings is 1. The molecule has 2 heteroatoms. The van der Waals surface area contributed by atoms with E-state index in [2.05, 4.69) is 49.9 Å². The Bertz CT molecular complexity index is 383. The Morgan fingerprint density at radius 2 is 1.95 bits per heavy atom. The number of hydrogen-bond donors (Lipinski definition) is 1. The average molecular weight is 260 g/mol. The van der Waals surface area contributed by atoms with Gasteiger partial charge in [-0.15, -0.1) is 0 Å². The largest absolute Gasteiger partial charge is 0.329 e. The summed E-state index contributed by atoms with van der Waals surface area (Å²) >= 11 is 0. The second kappa shape index (κ2) is 6.53. The highest BCUT2D eigenvalue weighted by atomic mass is 15.2. The Kier molecular flexibility index (Phi) is 5.00. The SMILES string of the molecule is CC1CCN(Cc2ccc(C(C)C)cc2)C(CN)C1. The Balaban J connectivity index is 1.99. The molecule has 1 heterocycles. The highest BCUT2D eigenvalue weighted by molar-refractivity contribution is 5.24. The van der Waals surface area contributed by atoms with Crippen LogP contribution in [0.15, 0.2) is 24.3 Å². The molecule has 1 aromatic rings. The third-order valence-electron chi connectivity index (χ3n) is 4.40. The van der Waals surface area contributed by atoms with E-state index in [1.165, 1.54) is 30.5 Å². The lowest BCUT2D eigenvalue weighted by Crippen LogP contribution is -2.45. The van der Waals surface area contributed by atoms with Gasteiger partial charge in [-0.05, 0) is 42.3 Å². The number of hydrogen-bond acceptors (Lipinski definition) is 2. The lowest BCUT2D eigenvalue weighted by Gasteiger charge is -2.38. The number of likely N-dealkylation sites (tertiary alicyclic amines) is 1. The summed E-state index contributed by atoms with van der Waals surface area (Å²) in [6, 6.07) is 9.66. The minimum absolute atomic E-state index is 0.563. The number of rotatable bonds is 4. The van der Waals surface area contributed by atoms with Gasteiger partial charge in [0.15, 0.2) is 0 Å². The highest BCUT2D eigenvalue weighted by Crippen LogP contribution is 2.24. The Hall–Kier alpha value is -0.860. The summed E-state index contributed by atoms with van der Waals surface area (Å²) in [6.07, 6.45) is 2.56. The first kappa shape index (κ1) is 14.5. The minimum atomic E-state index is 0.563. The zero-order valence-electron chi connectivity index (χ0n) is 12.6. The molecule has 0 aromatic heterocycles. The summed E-state index contributed by atoms with van der Waals surface area (Å²) in [5.74, 6) is 1.44. The van der Waals surface area contributed by atoms with Crippen LogP contribution in [-0.2, 0) is 6.54 Å². The van der Waals surface area contributed by atoms with Crippen molar-refractivity contribution in [2.24, 2.45) is 11.7 Å². The van der Waals surface area contributed by atoms with Gasteiger partial charge < -0.3 is 5.73 Å². The molecule has 1 aliphatic heterocycles. The van der Waals surface area contributed by atoms with E-state index in [-0.39, 0.29) is 0 Å². The number of benzene rings is 1. The van der Waals surface area contributed by atoms with Crippen molar-refractivity contribution in [1.82, 2.24) is 4.90 Å². The predicted molar refractivity (Wildman–Crippen MR) is 82.2 cm³/mol. The maximum atomic E-state index is 5.93. The predicted octanol–water partition coefficient (Wildman–Crippen LogP) is 3.37.